The molecule has 0 heterocycles. The van der Waals surface area contributed by atoms with Gasteiger partial charge in [0.15, 0.2) is 0 Å². The number of carboxylic acid groups (broad SMARTS) is 1. The second kappa shape index (κ2) is 5.38. The number of nitrogens with one attached hydrogen (secondary N) is 1. The molecule has 0 bridgehead atoms. The molecule has 0 aromatic heterocycles. The third kappa shape index (κ3) is 3.24. The predicted molar refractivity (Wildman–Crippen MR) is 75.1 cm³/mol. The molecule has 116 valence electrons. The molecule has 1 aromatic carbocycles. The minimum Gasteiger partial charge on any atom is -0.478 e. The van der Waals surface area contributed by atoms with Crippen LogP contribution in [0.1, 0.15) is 37.0 Å². The van der Waals surface area contributed by atoms with E-state index < -0.39 is 26.7 Å². The monoisotopic (exact) mass is 315 g/mol. The van der Waals surface area contributed by atoms with E-state index in [2.05, 4.69) is 4.72 Å². The molecule has 21 heavy (non-hydrogen) atoms. The van der Waals surface area contributed by atoms with Crippen LogP contribution in [0.4, 0.5) is 4.39 Å². The summed E-state index contributed by atoms with van der Waals surface area (Å²) in [6, 6.07) is 2.78. The summed E-state index contributed by atoms with van der Waals surface area (Å²) in [5.41, 5.74) is -0.322. The standard InChI is InChI=1S/C14H18FNO4S/c1-9(2)14(5-6-14)8-16-21(19,20)12-4-3-10(13(17)18)7-11(12)15/h3-4,7,9,16H,5-6,8H2,1-2H3,(H,17,18). The maximum atomic E-state index is 13.8. The molecule has 1 aliphatic rings. The lowest BCUT2D eigenvalue weighted by atomic mass is 9.93. The summed E-state index contributed by atoms with van der Waals surface area (Å²) in [7, 11) is -3.98. The van der Waals surface area contributed by atoms with Crippen molar-refractivity contribution in [2.24, 2.45) is 11.3 Å². The zero-order chi connectivity index (χ0) is 15.8. The summed E-state index contributed by atoms with van der Waals surface area (Å²) < 4.78 is 40.5. The van der Waals surface area contributed by atoms with E-state index in [0.29, 0.717) is 12.0 Å². The highest BCUT2D eigenvalue weighted by Crippen LogP contribution is 2.51. The summed E-state index contributed by atoms with van der Waals surface area (Å²) in [5.74, 6) is -2.02. The Bertz CT molecular complexity index is 666. The van der Waals surface area contributed by atoms with Gasteiger partial charge in [0, 0.05) is 6.54 Å². The van der Waals surface area contributed by atoms with Gasteiger partial charge in [0.05, 0.1) is 5.56 Å². The number of rotatable bonds is 6. The van der Waals surface area contributed by atoms with Crippen molar-refractivity contribution in [3.8, 4) is 0 Å². The van der Waals surface area contributed by atoms with Crippen molar-refractivity contribution >= 4 is 16.0 Å². The fourth-order valence-electron chi connectivity index (χ4n) is 2.29. The molecule has 0 unspecified atom stereocenters. The maximum absolute atomic E-state index is 13.8. The number of benzene rings is 1. The molecule has 2 rings (SSSR count). The minimum absolute atomic E-state index is 0.0372. The second-order valence-electron chi connectivity index (χ2n) is 5.79. The first-order valence-corrected chi connectivity index (χ1v) is 8.19. The summed E-state index contributed by atoms with van der Waals surface area (Å²) >= 11 is 0. The number of carboxylic acids is 1. The van der Waals surface area contributed by atoms with E-state index in [1.807, 2.05) is 13.8 Å². The fourth-order valence-corrected chi connectivity index (χ4v) is 3.48. The van der Waals surface area contributed by atoms with Gasteiger partial charge in [-0.3, -0.25) is 0 Å². The first kappa shape index (κ1) is 15.9. The van der Waals surface area contributed by atoms with Gasteiger partial charge in [0.1, 0.15) is 10.7 Å². The van der Waals surface area contributed by atoms with Gasteiger partial charge in [-0.25, -0.2) is 22.3 Å². The summed E-state index contributed by atoms with van der Waals surface area (Å²) in [6.07, 6.45) is 1.90. The van der Waals surface area contributed by atoms with E-state index >= 15 is 0 Å². The first-order chi connectivity index (χ1) is 9.68. The van der Waals surface area contributed by atoms with Crippen LogP contribution in [0.25, 0.3) is 0 Å². The van der Waals surface area contributed by atoms with Crippen LogP contribution in [0.15, 0.2) is 23.1 Å². The fraction of sp³-hybridized carbons (Fsp3) is 0.500. The van der Waals surface area contributed by atoms with Gasteiger partial charge in [-0.05, 0) is 42.4 Å². The molecule has 7 heteroatoms. The molecule has 0 aliphatic heterocycles. The molecular weight excluding hydrogens is 297 g/mol. The summed E-state index contributed by atoms with van der Waals surface area (Å²) in [4.78, 5) is 10.2. The maximum Gasteiger partial charge on any atom is 0.335 e. The van der Waals surface area contributed by atoms with Crippen LogP contribution in [-0.4, -0.2) is 26.0 Å². The van der Waals surface area contributed by atoms with Crippen LogP contribution in [0.5, 0.6) is 0 Å². The Morgan fingerprint density at radius 1 is 1.43 bits per heavy atom. The highest BCUT2D eigenvalue weighted by molar-refractivity contribution is 7.89. The third-order valence-electron chi connectivity index (χ3n) is 4.20. The molecule has 2 N–H and O–H groups in total. The van der Waals surface area contributed by atoms with E-state index in [0.717, 1.165) is 25.0 Å². The number of hydrogen-bond donors (Lipinski definition) is 2. The number of hydrogen-bond acceptors (Lipinski definition) is 3. The lowest BCUT2D eigenvalue weighted by molar-refractivity contribution is 0.0696. The molecule has 0 radical (unpaired) electrons. The number of sulfonamides is 1. The zero-order valence-electron chi connectivity index (χ0n) is 11.9. The van der Waals surface area contributed by atoms with E-state index in [-0.39, 0.29) is 17.5 Å². The highest BCUT2D eigenvalue weighted by atomic mass is 32.2. The van der Waals surface area contributed by atoms with Crippen LogP contribution in [-0.2, 0) is 10.0 Å². The molecule has 1 saturated carbocycles. The van der Waals surface area contributed by atoms with Crippen molar-refractivity contribution in [1.29, 1.82) is 0 Å². The van der Waals surface area contributed by atoms with Gasteiger partial charge in [0.25, 0.3) is 0 Å². The van der Waals surface area contributed by atoms with Crippen molar-refractivity contribution < 1.29 is 22.7 Å². The SMILES string of the molecule is CC(C)C1(CNS(=O)(=O)c2ccc(C(=O)O)cc2F)CC1. The number of aromatic carboxylic acids is 1. The first-order valence-electron chi connectivity index (χ1n) is 6.70. The van der Waals surface area contributed by atoms with Gasteiger partial charge >= 0.3 is 5.97 Å². The van der Waals surface area contributed by atoms with E-state index in [4.69, 9.17) is 5.11 Å². The lowest BCUT2D eigenvalue weighted by Gasteiger charge is -2.20. The van der Waals surface area contributed by atoms with Crippen LogP contribution >= 0.6 is 0 Å². The Labute approximate surface area is 123 Å². The Kier molecular flexibility index (Phi) is 4.08. The zero-order valence-corrected chi connectivity index (χ0v) is 12.7. The number of halogens is 1. The molecule has 0 spiro atoms. The van der Waals surface area contributed by atoms with Gasteiger partial charge in [-0.1, -0.05) is 13.8 Å². The normalized spacial score (nSPS) is 17.0. The Morgan fingerprint density at radius 2 is 2.05 bits per heavy atom. The van der Waals surface area contributed by atoms with Crippen molar-refractivity contribution in [2.45, 2.75) is 31.6 Å². The van der Waals surface area contributed by atoms with Gasteiger partial charge < -0.3 is 5.11 Å². The molecule has 1 aromatic rings. The largest absolute Gasteiger partial charge is 0.478 e. The van der Waals surface area contributed by atoms with Crippen LogP contribution in [0.3, 0.4) is 0 Å². The summed E-state index contributed by atoms with van der Waals surface area (Å²) in [5, 5.41) is 8.75. The van der Waals surface area contributed by atoms with Gasteiger partial charge in [-0.2, -0.15) is 0 Å². The van der Waals surface area contributed by atoms with E-state index in [1.165, 1.54) is 0 Å². The van der Waals surface area contributed by atoms with Gasteiger partial charge in [-0.15, -0.1) is 0 Å². The third-order valence-corrected chi connectivity index (χ3v) is 5.63. The van der Waals surface area contributed by atoms with Crippen LogP contribution < -0.4 is 4.72 Å². The van der Waals surface area contributed by atoms with Crippen LogP contribution in [0.2, 0.25) is 0 Å². The van der Waals surface area contributed by atoms with Crippen molar-refractivity contribution in [3.05, 3.63) is 29.6 Å². The topological polar surface area (TPSA) is 83.5 Å². The van der Waals surface area contributed by atoms with E-state index in [1.54, 1.807) is 0 Å². The van der Waals surface area contributed by atoms with Gasteiger partial charge in [0.2, 0.25) is 10.0 Å². The smallest absolute Gasteiger partial charge is 0.335 e. The molecule has 1 fully saturated rings. The molecule has 5 nitrogen and oxygen atoms in total. The quantitative estimate of drug-likeness (QED) is 0.843. The lowest BCUT2D eigenvalue weighted by Crippen LogP contribution is -2.33. The molecular formula is C14H18FNO4S. The molecule has 0 amide bonds. The predicted octanol–water partition coefficient (Wildman–Crippen LogP) is 2.24. The Hall–Kier alpha value is -1.47. The molecule has 0 saturated heterocycles. The van der Waals surface area contributed by atoms with Crippen molar-refractivity contribution in [2.75, 3.05) is 6.54 Å². The average Bonchev–Trinajstić information content (AvgIpc) is 3.17. The Balaban J connectivity index is 2.18. The Morgan fingerprint density at radius 3 is 2.48 bits per heavy atom. The minimum atomic E-state index is -3.98. The highest BCUT2D eigenvalue weighted by Gasteiger charge is 2.45. The molecule has 0 atom stereocenters. The average molecular weight is 315 g/mol. The van der Waals surface area contributed by atoms with E-state index in [9.17, 15) is 17.6 Å². The van der Waals surface area contributed by atoms with Crippen LogP contribution in [0, 0.1) is 17.2 Å². The van der Waals surface area contributed by atoms with Crippen molar-refractivity contribution in [3.63, 3.8) is 0 Å². The van der Waals surface area contributed by atoms with Crippen molar-refractivity contribution in [1.82, 2.24) is 4.72 Å². The summed E-state index contributed by atoms with van der Waals surface area (Å²) in [6.45, 7) is 4.33. The molecule has 1 aliphatic carbocycles. The second-order valence-corrected chi connectivity index (χ2v) is 7.53. The number of carbonyl (C=O) groups is 1.